The van der Waals surface area contributed by atoms with Crippen LogP contribution >= 0.6 is 23.7 Å². The largest absolute Gasteiger partial charge is 0.338 e. The van der Waals surface area contributed by atoms with Gasteiger partial charge < -0.3 is 9.84 Å². The second-order valence-corrected chi connectivity index (χ2v) is 4.96. The molecule has 7 heteroatoms. The summed E-state index contributed by atoms with van der Waals surface area (Å²) in [6, 6.07) is 4.00. The highest BCUT2D eigenvalue weighted by atomic mass is 35.5. The van der Waals surface area contributed by atoms with E-state index in [4.69, 9.17) is 4.52 Å². The number of piperazine rings is 1. The van der Waals surface area contributed by atoms with Crippen molar-refractivity contribution < 1.29 is 4.52 Å². The van der Waals surface area contributed by atoms with Gasteiger partial charge in [-0.1, -0.05) is 11.2 Å². The van der Waals surface area contributed by atoms with Crippen LogP contribution in [0, 0.1) is 0 Å². The van der Waals surface area contributed by atoms with Gasteiger partial charge in [-0.2, -0.15) is 4.98 Å². The van der Waals surface area contributed by atoms with Crippen molar-refractivity contribution in [2.45, 2.75) is 6.54 Å². The summed E-state index contributed by atoms with van der Waals surface area (Å²) in [6.45, 7) is 4.89. The van der Waals surface area contributed by atoms with Crippen molar-refractivity contribution >= 4 is 23.7 Å². The second kappa shape index (κ2) is 6.29. The molecule has 1 saturated heterocycles. The minimum Gasteiger partial charge on any atom is -0.338 e. The minimum absolute atomic E-state index is 0. The lowest BCUT2D eigenvalue weighted by atomic mass is 10.3. The standard InChI is InChI=1S/C11H14N4OS.ClH/c1-2-9(17-7-1)11-13-10(16-14-11)8-15-5-3-12-4-6-15;/h1-2,7,12H,3-6,8H2;1H. The van der Waals surface area contributed by atoms with Gasteiger partial charge in [0, 0.05) is 26.2 Å². The number of hydrogen-bond donors (Lipinski definition) is 1. The number of aromatic nitrogens is 2. The third-order valence-corrected chi connectivity index (χ3v) is 3.64. The van der Waals surface area contributed by atoms with E-state index in [0.29, 0.717) is 11.7 Å². The summed E-state index contributed by atoms with van der Waals surface area (Å²) in [7, 11) is 0. The van der Waals surface area contributed by atoms with Gasteiger partial charge in [0.1, 0.15) is 0 Å². The monoisotopic (exact) mass is 286 g/mol. The average molecular weight is 287 g/mol. The summed E-state index contributed by atoms with van der Waals surface area (Å²) in [5.41, 5.74) is 0. The third kappa shape index (κ3) is 3.08. The molecule has 2 aromatic rings. The normalized spacial score (nSPS) is 16.4. The van der Waals surface area contributed by atoms with E-state index in [2.05, 4.69) is 20.4 Å². The Kier molecular flexibility index (Phi) is 4.71. The number of halogens is 1. The molecule has 5 nitrogen and oxygen atoms in total. The van der Waals surface area contributed by atoms with Crippen molar-refractivity contribution in [3.8, 4) is 10.7 Å². The minimum atomic E-state index is 0. The van der Waals surface area contributed by atoms with Crippen molar-refractivity contribution in [2.24, 2.45) is 0 Å². The van der Waals surface area contributed by atoms with Crippen LogP contribution in [0.2, 0.25) is 0 Å². The summed E-state index contributed by atoms with van der Waals surface area (Å²) in [5.74, 6) is 1.40. The first-order valence-corrected chi connectivity index (χ1v) is 6.59. The molecule has 0 aromatic carbocycles. The summed E-state index contributed by atoms with van der Waals surface area (Å²) in [6.07, 6.45) is 0. The van der Waals surface area contributed by atoms with Crippen LogP contribution in [0.15, 0.2) is 22.0 Å². The van der Waals surface area contributed by atoms with Crippen molar-refractivity contribution in [1.29, 1.82) is 0 Å². The molecule has 18 heavy (non-hydrogen) atoms. The fraction of sp³-hybridized carbons (Fsp3) is 0.455. The highest BCUT2D eigenvalue weighted by Gasteiger charge is 2.15. The highest BCUT2D eigenvalue weighted by Crippen LogP contribution is 2.21. The molecule has 0 spiro atoms. The maximum atomic E-state index is 5.27. The summed E-state index contributed by atoms with van der Waals surface area (Å²) < 4.78 is 5.27. The maximum Gasteiger partial charge on any atom is 0.241 e. The van der Waals surface area contributed by atoms with Crippen LogP contribution in [-0.4, -0.2) is 41.2 Å². The molecule has 0 atom stereocenters. The average Bonchev–Trinajstić information content (AvgIpc) is 3.00. The van der Waals surface area contributed by atoms with Gasteiger partial charge in [-0.25, -0.2) is 0 Å². The quantitative estimate of drug-likeness (QED) is 0.929. The Balaban J connectivity index is 0.00000120. The molecule has 2 aromatic heterocycles. The summed E-state index contributed by atoms with van der Waals surface area (Å²) in [4.78, 5) is 7.79. The van der Waals surface area contributed by atoms with E-state index in [9.17, 15) is 0 Å². The number of thiophene rings is 1. The molecule has 0 unspecified atom stereocenters. The lowest BCUT2D eigenvalue weighted by Gasteiger charge is -2.25. The molecule has 0 bridgehead atoms. The van der Waals surface area contributed by atoms with Gasteiger partial charge in [-0.05, 0) is 11.4 Å². The lowest BCUT2D eigenvalue weighted by molar-refractivity contribution is 0.203. The molecule has 0 saturated carbocycles. The van der Waals surface area contributed by atoms with Crippen molar-refractivity contribution in [2.75, 3.05) is 26.2 Å². The number of nitrogens with zero attached hydrogens (tertiary/aromatic N) is 3. The summed E-state index contributed by atoms with van der Waals surface area (Å²) >= 11 is 1.63. The smallest absolute Gasteiger partial charge is 0.241 e. The van der Waals surface area contributed by atoms with Gasteiger partial charge in [-0.15, -0.1) is 23.7 Å². The van der Waals surface area contributed by atoms with E-state index in [1.807, 2.05) is 17.5 Å². The molecule has 0 aliphatic carbocycles. The second-order valence-electron chi connectivity index (χ2n) is 4.02. The highest BCUT2D eigenvalue weighted by molar-refractivity contribution is 7.13. The Morgan fingerprint density at radius 2 is 2.22 bits per heavy atom. The summed E-state index contributed by atoms with van der Waals surface area (Å²) in [5, 5.41) is 9.34. The third-order valence-electron chi connectivity index (χ3n) is 2.78. The van der Waals surface area contributed by atoms with E-state index in [1.165, 1.54) is 0 Å². The van der Waals surface area contributed by atoms with Gasteiger partial charge in [0.15, 0.2) is 0 Å². The Hall–Kier alpha value is -0.950. The van der Waals surface area contributed by atoms with Crippen LogP contribution in [-0.2, 0) is 6.54 Å². The van der Waals surface area contributed by atoms with Crippen LogP contribution in [0.1, 0.15) is 5.89 Å². The van der Waals surface area contributed by atoms with Crippen LogP contribution in [0.4, 0.5) is 0 Å². The first kappa shape index (κ1) is 13.5. The van der Waals surface area contributed by atoms with Gasteiger partial charge in [0.05, 0.1) is 11.4 Å². The van der Waals surface area contributed by atoms with E-state index >= 15 is 0 Å². The molecular formula is C11H15ClN4OS. The molecule has 0 amide bonds. The fourth-order valence-electron chi connectivity index (χ4n) is 1.89. The van der Waals surface area contributed by atoms with Crippen LogP contribution in [0.5, 0.6) is 0 Å². The Morgan fingerprint density at radius 1 is 1.39 bits per heavy atom. The Labute approximate surface area is 116 Å². The molecular weight excluding hydrogens is 272 g/mol. The first-order valence-electron chi connectivity index (χ1n) is 5.71. The topological polar surface area (TPSA) is 54.2 Å². The molecule has 3 heterocycles. The Morgan fingerprint density at radius 3 is 2.94 bits per heavy atom. The van der Waals surface area contributed by atoms with E-state index in [0.717, 1.165) is 37.6 Å². The first-order chi connectivity index (χ1) is 8.42. The van der Waals surface area contributed by atoms with Gasteiger partial charge in [0.2, 0.25) is 11.7 Å². The molecule has 3 rings (SSSR count). The number of rotatable bonds is 3. The molecule has 1 fully saturated rings. The van der Waals surface area contributed by atoms with Crippen LogP contribution in [0.25, 0.3) is 10.7 Å². The maximum absolute atomic E-state index is 5.27. The van der Waals surface area contributed by atoms with E-state index in [1.54, 1.807) is 11.3 Å². The molecule has 0 radical (unpaired) electrons. The molecule has 1 aliphatic rings. The zero-order valence-electron chi connectivity index (χ0n) is 9.83. The van der Waals surface area contributed by atoms with E-state index < -0.39 is 0 Å². The lowest BCUT2D eigenvalue weighted by Crippen LogP contribution is -2.42. The SMILES string of the molecule is Cl.c1csc(-c2noc(CN3CCNCC3)n2)c1. The van der Waals surface area contributed by atoms with Gasteiger partial charge in [0.25, 0.3) is 0 Å². The van der Waals surface area contributed by atoms with Crippen molar-refractivity contribution in [3.63, 3.8) is 0 Å². The zero-order valence-corrected chi connectivity index (χ0v) is 11.5. The molecule has 1 aliphatic heterocycles. The van der Waals surface area contributed by atoms with Crippen molar-refractivity contribution in [3.05, 3.63) is 23.4 Å². The van der Waals surface area contributed by atoms with E-state index in [-0.39, 0.29) is 12.4 Å². The number of nitrogens with one attached hydrogen (secondary N) is 1. The molecule has 1 N–H and O–H groups in total. The van der Waals surface area contributed by atoms with Crippen LogP contribution in [0.3, 0.4) is 0 Å². The fourth-order valence-corrected chi connectivity index (χ4v) is 2.53. The molecule has 98 valence electrons. The predicted molar refractivity (Wildman–Crippen MR) is 73.0 cm³/mol. The van der Waals surface area contributed by atoms with Gasteiger partial charge >= 0.3 is 0 Å². The van der Waals surface area contributed by atoms with Crippen molar-refractivity contribution in [1.82, 2.24) is 20.4 Å². The van der Waals surface area contributed by atoms with Gasteiger partial charge in [-0.3, -0.25) is 4.90 Å². The number of hydrogen-bond acceptors (Lipinski definition) is 6. The Bertz CT molecular complexity index is 467. The zero-order chi connectivity index (χ0) is 11.5. The predicted octanol–water partition coefficient (Wildman–Crippen LogP) is 1.63. The van der Waals surface area contributed by atoms with Crippen LogP contribution < -0.4 is 5.32 Å².